The van der Waals surface area contributed by atoms with E-state index in [0.29, 0.717) is 10.6 Å². The predicted molar refractivity (Wildman–Crippen MR) is 74.6 cm³/mol. The molecule has 3 rings (SSSR count). The summed E-state index contributed by atoms with van der Waals surface area (Å²) in [5.74, 6) is -2.22. The van der Waals surface area contributed by atoms with Gasteiger partial charge in [0, 0.05) is 5.22 Å². The van der Waals surface area contributed by atoms with Crippen LogP contribution in [0.25, 0.3) is 5.57 Å². The van der Waals surface area contributed by atoms with Crippen molar-refractivity contribution in [2.24, 2.45) is 4.99 Å². The van der Waals surface area contributed by atoms with E-state index in [0.717, 1.165) is 15.9 Å². The molecule has 1 N–H and O–H groups in total. The average Bonchev–Trinajstić information content (AvgIpc) is 2.89. The van der Waals surface area contributed by atoms with Crippen LogP contribution in [0.3, 0.4) is 0 Å². The number of amides is 1. The van der Waals surface area contributed by atoms with E-state index in [1.165, 1.54) is 0 Å². The van der Waals surface area contributed by atoms with E-state index in [9.17, 15) is 19.8 Å². The van der Waals surface area contributed by atoms with Gasteiger partial charge >= 0.3 is 0 Å². The third-order valence-electron chi connectivity index (χ3n) is 2.99. The van der Waals surface area contributed by atoms with Crippen molar-refractivity contribution >= 4 is 41.0 Å². The molecule has 0 radical (unpaired) electrons. The number of hydrogen-bond acceptors (Lipinski definition) is 6. The number of carboxylic acid groups (broad SMARTS) is 1. The number of carboxylic acids is 1. The molecule has 0 atom stereocenters. The molecule has 2 aromatic rings. The monoisotopic (exact) mass is 319 g/mol. The molecule has 0 bridgehead atoms. The van der Waals surface area contributed by atoms with Gasteiger partial charge in [0.2, 0.25) is 5.88 Å². The van der Waals surface area contributed by atoms with Crippen molar-refractivity contribution in [3.05, 3.63) is 43.7 Å². The molecule has 0 unspecified atom stereocenters. The number of hydrogen-bond donors (Lipinski definition) is 1. The molecule has 1 aliphatic rings. The third kappa shape index (κ3) is 2.18. The minimum atomic E-state index is -1.38. The van der Waals surface area contributed by atoms with E-state index in [4.69, 9.17) is 12.2 Å². The van der Waals surface area contributed by atoms with Crippen LogP contribution in [-0.4, -0.2) is 21.6 Å². The molecule has 0 saturated carbocycles. The molecule has 2 heterocycles. The van der Waals surface area contributed by atoms with Crippen LogP contribution in [-0.2, 0) is 16.1 Å². The standard InChI is InChI=1S/C13H8N2O4S2/c16-8(17)5-15-12(19)10(21-13(15)20)9-6-3-1-2-4-7(6)14-11(9)18/h1-4,19H,5H2,(H,16,17)/p-1. The lowest BCUT2D eigenvalue weighted by Gasteiger charge is -2.05. The number of benzene rings is 1. The SMILES string of the molecule is O=C([O-])Cn1c(O)c(C2=c3ccccc3=NC2=O)sc1=S. The highest BCUT2D eigenvalue weighted by molar-refractivity contribution is 7.73. The maximum absolute atomic E-state index is 12.0. The van der Waals surface area contributed by atoms with Gasteiger partial charge < -0.3 is 15.0 Å². The number of aromatic nitrogens is 1. The summed E-state index contributed by atoms with van der Waals surface area (Å²) in [7, 11) is 0. The second-order valence-corrected chi connectivity index (χ2v) is 5.93. The van der Waals surface area contributed by atoms with Crippen LogP contribution < -0.4 is 15.7 Å². The fourth-order valence-electron chi connectivity index (χ4n) is 2.11. The Labute approximate surface area is 126 Å². The zero-order valence-corrected chi connectivity index (χ0v) is 12.0. The number of nitrogens with zero attached hydrogens (tertiary/aromatic N) is 2. The Balaban J connectivity index is 2.29. The Hall–Kier alpha value is -2.32. The molecule has 0 aliphatic carbocycles. The van der Waals surface area contributed by atoms with Gasteiger partial charge in [-0.15, -0.1) is 11.3 Å². The molecule has 8 heteroatoms. The van der Waals surface area contributed by atoms with Crippen LogP contribution in [0.2, 0.25) is 0 Å². The molecule has 0 spiro atoms. The first kappa shape index (κ1) is 13.7. The number of carbonyl (C=O) groups excluding carboxylic acids is 2. The Morgan fingerprint density at radius 1 is 1.43 bits per heavy atom. The van der Waals surface area contributed by atoms with Crippen LogP contribution in [0.1, 0.15) is 4.88 Å². The first-order valence-electron chi connectivity index (χ1n) is 5.84. The lowest BCUT2D eigenvalue weighted by atomic mass is 10.1. The molecule has 1 aromatic heterocycles. The molecule has 1 aromatic carbocycles. The lowest BCUT2D eigenvalue weighted by molar-refractivity contribution is -0.306. The number of rotatable bonds is 3. The van der Waals surface area contributed by atoms with Crippen LogP contribution in [0.15, 0.2) is 29.3 Å². The highest BCUT2D eigenvalue weighted by Gasteiger charge is 2.24. The van der Waals surface area contributed by atoms with Crippen LogP contribution in [0, 0.1) is 3.95 Å². The molecular formula is C13H7N2O4S2-. The van der Waals surface area contributed by atoms with Gasteiger partial charge in [0.05, 0.1) is 23.4 Å². The number of thiazole rings is 1. The van der Waals surface area contributed by atoms with Crippen molar-refractivity contribution in [1.29, 1.82) is 0 Å². The fourth-order valence-corrected chi connectivity index (χ4v) is 3.45. The Bertz CT molecular complexity index is 955. The highest BCUT2D eigenvalue weighted by Crippen LogP contribution is 2.32. The van der Waals surface area contributed by atoms with E-state index >= 15 is 0 Å². The molecule has 6 nitrogen and oxygen atoms in total. The quantitative estimate of drug-likeness (QED) is 0.739. The van der Waals surface area contributed by atoms with Gasteiger partial charge in [-0.05, 0) is 18.3 Å². The zero-order chi connectivity index (χ0) is 15.1. The lowest BCUT2D eigenvalue weighted by Crippen LogP contribution is -2.27. The predicted octanol–water partition coefficient (Wildman–Crippen LogP) is -0.907. The van der Waals surface area contributed by atoms with Crippen LogP contribution >= 0.6 is 23.6 Å². The summed E-state index contributed by atoms with van der Waals surface area (Å²) >= 11 is 5.99. The first-order chi connectivity index (χ1) is 9.99. The van der Waals surface area contributed by atoms with E-state index in [2.05, 4.69) is 4.99 Å². The van der Waals surface area contributed by atoms with Crippen molar-refractivity contribution < 1.29 is 19.8 Å². The van der Waals surface area contributed by atoms with Crippen molar-refractivity contribution in [3.63, 3.8) is 0 Å². The van der Waals surface area contributed by atoms with Crippen molar-refractivity contribution in [3.8, 4) is 5.88 Å². The van der Waals surface area contributed by atoms with Gasteiger partial charge in [0.15, 0.2) is 3.95 Å². The van der Waals surface area contributed by atoms with Crippen molar-refractivity contribution in [2.45, 2.75) is 6.54 Å². The molecule has 1 amide bonds. The molecular weight excluding hydrogens is 312 g/mol. The smallest absolute Gasteiger partial charge is 0.279 e. The molecule has 1 aliphatic heterocycles. The molecule has 0 saturated heterocycles. The number of carbonyl (C=O) groups is 2. The van der Waals surface area contributed by atoms with Gasteiger partial charge in [-0.1, -0.05) is 18.2 Å². The van der Waals surface area contributed by atoms with Gasteiger partial charge in [0.1, 0.15) is 4.88 Å². The second kappa shape index (κ2) is 4.90. The van der Waals surface area contributed by atoms with E-state index in [1.807, 2.05) is 0 Å². The van der Waals surface area contributed by atoms with E-state index in [-0.39, 0.29) is 20.3 Å². The summed E-state index contributed by atoms with van der Waals surface area (Å²) in [6, 6.07) is 6.90. The minimum Gasteiger partial charge on any atom is -0.548 e. The van der Waals surface area contributed by atoms with Gasteiger partial charge in [-0.3, -0.25) is 9.36 Å². The number of para-hydroxylation sites is 1. The van der Waals surface area contributed by atoms with Gasteiger partial charge in [0.25, 0.3) is 5.91 Å². The number of aliphatic carboxylic acids is 1. The maximum atomic E-state index is 12.0. The Morgan fingerprint density at radius 3 is 2.86 bits per heavy atom. The number of aromatic hydroxyl groups is 1. The van der Waals surface area contributed by atoms with Gasteiger partial charge in [-0.2, -0.15) is 0 Å². The summed E-state index contributed by atoms with van der Waals surface area (Å²) in [4.78, 5) is 26.9. The molecule has 21 heavy (non-hydrogen) atoms. The summed E-state index contributed by atoms with van der Waals surface area (Å²) in [5, 5.41) is 22.0. The summed E-state index contributed by atoms with van der Waals surface area (Å²) in [5.41, 5.74) is 0.233. The Kier molecular flexibility index (Phi) is 3.19. The molecule has 0 fully saturated rings. The van der Waals surface area contributed by atoms with Crippen LogP contribution in [0.4, 0.5) is 0 Å². The van der Waals surface area contributed by atoms with E-state index < -0.39 is 18.4 Å². The van der Waals surface area contributed by atoms with Crippen molar-refractivity contribution in [1.82, 2.24) is 4.57 Å². The van der Waals surface area contributed by atoms with Crippen LogP contribution in [0.5, 0.6) is 5.88 Å². The largest absolute Gasteiger partial charge is 0.548 e. The van der Waals surface area contributed by atoms with Gasteiger partial charge in [-0.25, -0.2) is 4.99 Å². The minimum absolute atomic E-state index is 0.149. The molecule has 106 valence electrons. The number of fused-ring (bicyclic) bond motifs is 1. The van der Waals surface area contributed by atoms with Crippen molar-refractivity contribution in [2.75, 3.05) is 0 Å². The summed E-state index contributed by atoms with van der Waals surface area (Å²) < 4.78 is 1.17. The highest BCUT2D eigenvalue weighted by atomic mass is 32.1. The maximum Gasteiger partial charge on any atom is 0.279 e. The summed E-state index contributed by atoms with van der Waals surface area (Å²) in [6.45, 7) is -0.568. The fraction of sp³-hybridized carbons (Fsp3) is 0.0769. The van der Waals surface area contributed by atoms with E-state index in [1.54, 1.807) is 24.3 Å². The topological polar surface area (TPSA) is 94.7 Å². The zero-order valence-electron chi connectivity index (χ0n) is 10.4. The Morgan fingerprint density at radius 2 is 2.14 bits per heavy atom. The summed E-state index contributed by atoms with van der Waals surface area (Å²) in [6.07, 6.45) is 0. The third-order valence-corrected chi connectivity index (χ3v) is 4.45. The first-order valence-corrected chi connectivity index (χ1v) is 7.06. The average molecular weight is 319 g/mol. The second-order valence-electron chi connectivity index (χ2n) is 4.29. The normalized spacial score (nSPS) is 13.1.